The summed E-state index contributed by atoms with van der Waals surface area (Å²) in [4.78, 5) is 42.3. The smallest absolute Gasteiger partial charge is 0.543 e. The first-order valence-corrected chi connectivity index (χ1v) is 10.7. The van der Waals surface area contributed by atoms with Crippen LogP contribution in [0.15, 0.2) is 21.5 Å². The van der Waals surface area contributed by atoms with Gasteiger partial charge in [-0.3, -0.25) is 9.59 Å². The van der Waals surface area contributed by atoms with Crippen molar-refractivity contribution in [2.75, 3.05) is 13.2 Å². The molecule has 0 aliphatic carbocycles. The van der Waals surface area contributed by atoms with Crippen molar-refractivity contribution in [1.29, 1.82) is 0 Å². The largest absolute Gasteiger partial charge is 1.00 e. The number of fused-ring (bicyclic) bond motifs is 1. The number of carboxylic acids is 1. The minimum absolute atomic E-state index is 0. The second-order valence-electron chi connectivity index (χ2n) is 6.72. The molecule has 2 amide bonds. The SMILES string of the molecule is C[C@@H](O)[C@H]1C(=O)N2C(C(=O)[O-])=C(S/C=C\c3scnc3C(=O)NCCO)[C@H](C)[C@H]12.[Na+]. The van der Waals surface area contributed by atoms with Gasteiger partial charge in [0.2, 0.25) is 5.91 Å². The maximum absolute atomic E-state index is 12.3. The topological polar surface area (TPSA) is 143 Å². The van der Waals surface area contributed by atoms with Gasteiger partial charge in [-0.1, -0.05) is 18.7 Å². The van der Waals surface area contributed by atoms with Crippen LogP contribution in [-0.2, 0) is 9.59 Å². The number of carbonyl (C=O) groups excluding carboxylic acids is 3. The summed E-state index contributed by atoms with van der Waals surface area (Å²) in [7, 11) is 0. The number of rotatable bonds is 8. The number of aliphatic carboxylic acids is 1. The molecule has 1 aromatic rings. The summed E-state index contributed by atoms with van der Waals surface area (Å²) in [5.74, 6) is -3.17. The maximum atomic E-state index is 12.3. The molecule has 0 unspecified atom stereocenters. The summed E-state index contributed by atoms with van der Waals surface area (Å²) in [6.45, 7) is 3.26. The molecule has 2 aliphatic heterocycles. The summed E-state index contributed by atoms with van der Waals surface area (Å²) in [5.41, 5.74) is 1.56. The van der Waals surface area contributed by atoms with Crippen LogP contribution in [0, 0.1) is 11.8 Å². The van der Waals surface area contributed by atoms with E-state index in [0.29, 0.717) is 9.78 Å². The summed E-state index contributed by atoms with van der Waals surface area (Å²) in [5, 5.41) is 34.5. The zero-order chi connectivity index (χ0) is 21.3. The van der Waals surface area contributed by atoms with Crippen molar-refractivity contribution < 1.29 is 59.3 Å². The van der Waals surface area contributed by atoms with E-state index in [9.17, 15) is 24.6 Å². The van der Waals surface area contributed by atoms with E-state index in [-0.39, 0.29) is 60.0 Å². The van der Waals surface area contributed by atoms with Gasteiger partial charge in [0.1, 0.15) is 5.69 Å². The van der Waals surface area contributed by atoms with Crippen molar-refractivity contribution in [2.24, 2.45) is 11.8 Å². The van der Waals surface area contributed by atoms with E-state index in [1.165, 1.54) is 28.7 Å². The molecule has 3 heterocycles. The number of β-lactam (4-membered cyclic amide) rings is 1. The zero-order valence-electron chi connectivity index (χ0n) is 16.7. The average Bonchev–Trinajstić information content (AvgIpc) is 3.21. The number of aliphatic hydroxyl groups is 2. The Morgan fingerprint density at radius 2 is 2.20 bits per heavy atom. The third kappa shape index (κ3) is 4.52. The van der Waals surface area contributed by atoms with Crippen LogP contribution < -0.4 is 40.0 Å². The summed E-state index contributed by atoms with van der Waals surface area (Å²) < 4.78 is 0. The molecule has 1 aromatic heterocycles. The molecule has 30 heavy (non-hydrogen) atoms. The number of nitrogens with zero attached hydrogens (tertiary/aromatic N) is 2. The number of aliphatic hydroxyl groups excluding tert-OH is 2. The van der Waals surface area contributed by atoms with Crippen LogP contribution in [0.4, 0.5) is 0 Å². The van der Waals surface area contributed by atoms with Crippen molar-refractivity contribution in [3.8, 4) is 0 Å². The quantitative estimate of drug-likeness (QED) is 0.266. The van der Waals surface area contributed by atoms with Crippen LogP contribution >= 0.6 is 23.1 Å². The van der Waals surface area contributed by atoms with Crippen LogP contribution in [0.1, 0.15) is 29.2 Å². The fourth-order valence-corrected chi connectivity index (χ4v) is 5.40. The molecule has 12 heteroatoms. The predicted molar refractivity (Wildman–Crippen MR) is 105 cm³/mol. The first-order valence-electron chi connectivity index (χ1n) is 8.92. The Labute approximate surface area is 203 Å². The van der Waals surface area contributed by atoms with E-state index in [2.05, 4.69) is 10.3 Å². The second kappa shape index (κ2) is 10.4. The van der Waals surface area contributed by atoms with Crippen molar-refractivity contribution in [3.05, 3.63) is 32.1 Å². The molecule has 3 rings (SSSR count). The molecule has 0 bridgehead atoms. The number of hydrogen-bond acceptors (Lipinski definition) is 9. The minimum Gasteiger partial charge on any atom is -0.543 e. The average molecular weight is 461 g/mol. The third-order valence-electron chi connectivity index (χ3n) is 4.92. The number of carbonyl (C=O) groups is 3. The number of aromatic nitrogens is 1. The van der Waals surface area contributed by atoms with Crippen LogP contribution in [0.3, 0.4) is 0 Å². The first kappa shape index (κ1) is 25.1. The molecule has 1 saturated heterocycles. The Kier molecular flexibility index (Phi) is 8.69. The van der Waals surface area contributed by atoms with Crippen LogP contribution in [0.2, 0.25) is 0 Å². The summed E-state index contributed by atoms with van der Waals surface area (Å²) >= 11 is 2.38. The molecule has 9 nitrogen and oxygen atoms in total. The molecule has 3 N–H and O–H groups in total. The number of thiazole rings is 1. The number of amides is 2. The summed E-state index contributed by atoms with van der Waals surface area (Å²) in [6.07, 6.45) is 0.776. The molecule has 0 radical (unpaired) electrons. The van der Waals surface area contributed by atoms with E-state index in [1.54, 1.807) is 11.5 Å². The van der Waals surface area contributed by atoms with Gasteiger partial charge in [-0.05, 0) is 18.4 Å². The van der Waals surface area contributed by atoms with Gasteiger partial charge in [0.15, 0.2) is 0 Å². The van der Waals surface area contributed by atoms with Gasteiger partial charge in [0.05, 0.1) is 46.7 Å². The molecule has 0 aromatic carbocycles. The molecule has 4 atom stereocenters. The first-order chi connectivity index (χ1) is 13.8. The van der Waals surface area contributed by atoms with Gasteiger partial charge in [-0.25, -0.2) is 4.98 Å². The van der Waals surface area contributed by atoms with E-state index >= 15 is 0 Å². The monoisotopic (exact) mass is 461 g/mol. The Hall–Kier alpha value is -1.21. The molecule has 1 fully saturated rings. The Bertz CT molecular complexity index is 900. The third-order valence-corrected chi connectivity index (χ3v) is 6.81. The molecular weight excluding hydrogens is 441 g/mol. The Morgan fingerprint density at radius 3 is 2.80 bits per heavy atom. The molecule has 0 spiro atoms. The van der Waals surface area contributed by atoms with E-state index in [0.717, 1.165) is 11.8 Å². The van der Waals surface area contributed by atoms with Gasteiger partial charge in [0.25, 0.3) is 5.91 Å². The summed E-state index contributed by atoms with van der Waals surface area (Å²) in [6, 6.07) is -0.408. The van der Waals surface area contributed by atoms with Crippen LogP contribution in [-0.4, -0.2) is 63.2 Å². The van der Waals surface area contributed by atoms with Crippen molar-refractivity contribution in [3.63, 3.8) is 0 Å². The molecular formula is C18H20N3NaO6S2. The number of thioether (sulfide) groups is 1. The second-order valence-corrected chi connectivity index (χ2v) is 8.55. The molecule has 156 valence electrons. The van der Waals surface area contributed by atoms with Gasteiger partial charge < -0.3 is 30.3 Å². The number of carboxylic acid groups (broad SMARTS) is 1. The van der Waals surface area contributed by atoms with Gasteiger partial charge in [-0.2, -0.15) is 0 Å². The predicted octanol–water partition coefficient (Wildman–Crippen LogP) is -3.61. The fraction of sp³-hybridized carbons (Fsp3) is 0.444. The number of nitrogens with one attached hydrogen (secondary N) is 1. The fourth-order valence-electron chi connectivity index (χ4n) is 3.64. The van der Waals surface area contributed by atoms with Crippen LogP contribution in [0.5, 0.6) is 0 Å². The van der Waals surface area contributed by atoms with Crippen molar-refractivity contribution in [1.82, 2.24) is 15.2 Å². The standard InChI is InChI=1S/C18H21N3O6S2.Na/c1-8-13-11(9(2)23)17(25)21(13)14(18(26)27)15(8)28-6-3-10-12(20-7-29-10)16(24)19-4-5-22;/h3,6-9,11,13,22-23H,4-5H2,1-2H3,(H,19,24)(H,26,27);/q;+1/p-1/b6-3-;/t8-,9-,11-,13-;/m1./s1. The van der Waals surface area contributed by atoms with E-state index in [4.69, 9.17) is 5.11 Å². The van der Waals surface area contributed by atoms with E-state index < -0.39 is 35.8 Å². The van der Waals surface area contributed by atoms with Crippen molar-refractivity contribution >= 4 is 47.0 Å². The molecule has 2 aliphatic rings. The Morgan fingerprint density at radius 1 is 1.50 bits per heavy atom. The maximum Gasteiger partial charge on any atom is 1.00 e. The Balaban J connectivity index is 0.00000320. The molecule has 0 saturated carbocycles. The van der Waals surface area contributed by atoms with Crippen molar-refractivity contribution in [2.45, 2.75) is 26.0 Å². The zero-order valence-corrected chi connectivity index (χ0v) is 20.3. The van der Waals surface area contributed by atoms with E-state index in [1.807, 2.05) is 6.92 Å². The minimum atomic E-state index is -1.44. The van der Waals surface area contributed by atoms with Gasteiger partial charge in [-0.15, -0.1) is 11.3 Å². The normalized spacial score (nSPS) is 23.8. The van der Waals surface area contributed by atoms with Gasteiger partial charge >= 0.3 is 29.6 Å². The number of hydrogen-bond donors (Lipinski definition) is 3. The van der Waals surface area contributed by atoms with Gasteiger partial charge in [0, 0.05) is 17.4 Å². The van der Waals surface area contributed by atoms with Crippen LogP contribution in [0.25, 0.3) is 6.08 Å².